The van der Waals surface area contributed by atoms with Crippen LogP contribution in [0, 0.1) is 5.92 Å². The number of nitrogens with zero attached hydrogens (tertiary/aromatic N) is 1. The maximum absolute atomic E-state index is 13.7. The zero-order valence-corrected chi connectivity index (χ0v) is 15.8. The minimum Gasteiger partial charge on any atom is -0.348 e. The van der Waals surface area contributed by atoms with E-state index in [2.05, 4.69) is 19.9 Å². The lowest BCUT2D eigenvalue weighted by Crippen LogP contribution is -2.46. The quantitative estimate of drug-likeness (QED) is 0.748. The topological polar surface area (TPSA) is 94.4 Å². The second-order valence-electron chi connectivity index (χ2n) is 7.81. The summed E-state index contributed by atoms with van der Waals surface area (Å²) < 4.78 is 13.7. The number of hydrogen-bond acceptors (Lipinski definition) is 3. The van der Waals surface area contributed by atoms with E-state index in [1.54, 1.807) is 19.3 Å². The first-order chi connectivity index (χ1) is 12.6. The zero-order valence-electron chi connectivity index (χ0n) is 15.8. The van der Waals surface area contributed by atoms with Gasteiger partial charge in [-0.3, -0.25) is 9.59 Å². The normalized spacial score (nSPS) is 19.2. The van der Waals surface area contributed by atoms with Crippen LogP contribution in [-0.2, 0) is 5.41 Å². The average molecular weight is 370 g/mol. The molecule has 0 bridgehead atoms. The number of rotatable bonds is 2. The SMILES string of the molecule is CC1CC=C(/C=c2\[nH]c(=O)/c(=C/c3nc[nH]c3C(C)(C)C)[nH]c2=O)C=C1F. The summed E-state index contributed by atoms with van der Waals surface area (Å²) in [5, 5.41) is 0.197. The fourth-order valence-electron chi connectivity index (χ4n) is 2.90. The van der Waals surface area contributed by atoms with Crippen LogP contribution in [0.1, 0.15) is 45.5 Å². The number of halogens is 1. The van der Waals surface area contributed by atoms with Crippen molar-refractivity contribution >= 4 is 12.2 Å². The van der Waals surface area contributed by atoms with E-state index < -0.39 is 11.1 Å². The first-order valence-corrected chi connectivity index (χ1v) is 8.82. The highest BCUT2D eigenvalue weighted by molar-refractivity contribution is 5.53. The molecule has 7 heteroatoms. The molecule has 6 nitrogen and oxygen atoms in total. The van der Waals surface area contributed by atoms with E-state index in [1.807, 2.05) is 26.8 Å². The number of aromatic nitrogens is 4. The maximum atomic E-state index is 13.7. The summed E-state index contributed by atoms with van der Waals surface area (Å²) in [7, 11) is 0. The third-order valence-corrected chi connectivity index (χ3v) is 4.48. The van der Waals surface area contributed by atoms with Gasteiger partial charge in [-0.2, -0.15) is 0 Å². The minimum absolute atomic E-state index is 0.0834. The molecule has 1 unspecified atom stereocenters. The highest BCUT2D eigenvalue weighted by Crippen LogP contribution is 2.24. The van der Waals surface area contributed by atoms with Gasteiger partial charge in [0.2, 0.25) is 0 Å². The molecule has 0 radical (unpaired) electrons. The fourth-order valence-corrected chi connectivity index (χ4v) is 2.90. The van der Waals surface area contributed by atoms with E-state index in [0.29, 0.717) is 17.7 Å². The molecule has 0 aromatic carbocycles. The van der Waals surface area contributed by atoms with E-state index >= 15 is 0 Å². The third kappa shape index (κ3) is 4.07. The second-order valence-corrected chi connectivity index (χ2v) is 7.81. The number of nitrogens with one attached hydrogen (secondary N) is 3. The monoisotopic (exact) mass is 370 g/mol. The highest BCUT2D eigenvalue weighted by Gasteiger charge is 2.19. The Balaban J connectivity index is 2.08. The standard InChI is InChI=1S/C20H23FN4O2/c1-11-5-6-12(7-13(11)21)8-15-18(26)25-16(19(27)24-15)9-14-17(20(2,3)4)23-10-22-14/h6-11H,5H2,1-4H3,(H,22,23)(H,24,27)(H,25,26)/b15-8-,16-9-. The molecule has 2 aromatic rings. The van der Waals surface area contributed by atoms with Gasteiger partial charge >= 0.3 is 0 Å². The number of imidazole rings is 1. The van der Waals surface area contributed by atoms with E-state index in [4.69, 9.17) is 0 Å². The van der Waals surface area contributed by atoms with Crippen LogP contribution in [0.5, 0.6) is 0 Å². The molecule has 2 aromatic heterocycles. The Bertz CT molecular complexity index is 1160. The number of hydrogen-bond donors (Lipinski definition) is 3. The molecule has 0 fully saturated rings. The summed E-state index contributed by atoms with van der Waals surface area (Å²) in [5.41, 5.74) is 0.921. The van der Waals surface area contributed by atoms with Gasteiger partial charge in [-0.15, -0.1) is 0 Å². The van der Waals surface area contributed by atoms with Gasteiger partial charge in [0, 0.05) is 17.0 Å². The van der Waals surface area contributed by atoms with Gasteiger partial charge in [0.15, 0.2) is 0 Å². The minimum atomic E-state index is -0.456. The molecule has 0 saturated carbocycles. The van der Waals surface area contributed by atoms with Crippen molar-refractivity contribution in [2.75, 3.05) is 0 Å². The molecular formula is C20H23FN4O2. The highest BCUT2D eigenvalue weighted by atomic mass is 19.1. The Labute approximate surface area is 155 Å². The Morgan fingerprint density at radius 1 is 1.15 bits per heavy atom. The van der Waals surface area contributed by atoms with Crippen LogP contribution in [0.4, 0.5) is 4.39 Å². The molecule has 27 heavy (non-hydrogen) atoms. The third-order valence-electron chi connectivity index (χ3n) is 4.48. The van der Waals surface area contributed by atoms with Crippen LogP contribution >= 0.6 is 0 Å². The van der Waals surface area contributed by atoms with E-state index in [9.17, 15) is 14.0 Å². The van der Waals surface area contributed by atoms with Crippen molar-refractivity contribution in [2.24, 2.45) is 5.92 Å². The van der Waals surface area contributed by atoms with Gasteiger partial charge in [0.25, 0.3) is 11.1 Å². The van der Waals surface area contributed by atoms with Crippen molar-refractivity contribution in [3.63, 3.8) is 0 Å². The van der Waals surface area contributed by atoms with Gasteiger partial charge in [0.1, 0.15) is 16.5 Å². The molecule has 3 rings (SSSR count). The Hall–Kier alpha value is -2.96. The van der Waals surface area contributed by atoms with Crippen molar-refractivity contribution in [2.45, 2.75) is 39.5 Å². The van der Waals surface area contributed by atoms with Crippen LogP contribution < -0.4 is 21.8 Å². The largest absolute Gasteiger partial charge is 0.348 e. The number of H-pyrrole nitrogens is 3. The first kappa shape index (κ1) is 18.8. The van der Waals surface area contributed by atoms with Gasteiger partial charge in [-0.25, -0.2) is 9.37 Å². The van der Waals surface area contributed by atoms with Crippen molar-refractivity contribution in [1.82, 2.24) is 19.9 Å². The molecule has 3 N–H and O–H groups in total. The molecule has 142 valence electrons. The van der Waals surface area contributed by atoms with Crippen LogP contribution in [0.2, 0.25) is 0 Å². The van der Waals surface area contributed by atoms with E-state index in [1.165, 1.54) is 12.2 Å². The lowest BCUT2D eigenvalue weighted by molar-refractivity contribution is 0.490. The zero-order chi connectivity index (χ0) is 19.8. The van der Waals surface area contributed by atoms with Crippen molar-refractivity contribution in [1.29, 1.82) is 0 Å². The average Bonchev–Trinajstić information content (AvgIpc) is 3.04. The van der Waals surface area contributed by atoms with Crippen LogP contribution in [0.15, 0.2) is 39.5 Å². The van der Waals surface area contributed by atoms with Gasteiger partial charge in [-0.05, 0) is 30.2 Å². The van der Waals surface area contributed by atoms with Crippen molar-refractivity contribution in [3.8, 4) is 0 Å². The Morgan fingerprint density at radius 3 is 2.37 bits per heavy atom. The predicted octanol–water partition coefficient (Wildman–Crippen LogP) is 1.51. The van der Waals surface area contributed by atoms with Gasteiger partial charge in [-0.1, -0.05) is 33.8 Å². The Kier molecular flexibility index (Phi) is 4.87. The van der Waals surface area contributed by atoms with Crippen molar-refractivity contribution < 1.29 is 4.39 Å². The lowest BCUT2D eigenvalue weighted by atomic mass is 9.90. The van der Waals surface area contributed by atoms with Crippen LogP contribution in [0.3, 0.4) is 0 Å². The summed E-state index contributed by atoms with van der Waals surface area (Å²) in [5.74, 6) is -0.400. The van der Waals surface area contributed by atoms with Crippen molar-refractivity contribution in [3.05, 3.63) is 72.7 Å². The molecule has 0 amide bonds. The van der Waals surface area contributed by atoms with Gasteiger partial charge < -0.3 is 15.0 Å². The predicted molar refractivity (Wildman–Crippen MR) is 103 cm³/mol. The lowest BCUT2D eigenvalue weighted by Gasteiger charge is -2.16. The first-order valence-electron chi connectivity index (χ1n) is 8.82. The maximum Gasteiger partial charge on any atom is 0.272 e. The van der Waals surface area contributed by atoms with Crippen LogP contribution in [0.25, 0.3) is 12.2 Å². The number of aromatic amines is 3. The Morgan fingerprint density at radius 2 is 1.78 bits per heavy atom. The summed E-state index contributed by atoms with van der Waals surface area (Å²) in [6.07, 6.45) is 8.35. The molecule has 0 spiro atoms. The molecule has 1 aliphatic rings. The molecule has 1 atom stereocenters. The van der Waals surface area contributed by atoms with E-state index in [-0.39, 0.29) is 27.9 Å². The molecule has 2 heterocycles. The summed E-state index contributed by atoms with van der Waals surface area (Å²) in [6, 6.07) is 0. The summed E-state index contributed by atoms with van der Waals surface area (Å²) in [4.78, 5) is 37.2. The summed E-state index contributed by atoms with van der Waals surface area (Å²) >= 11 is 0. The molecule has 0 saturated heterocycles. The molecular weight excluding hydrogens is 347 g/mol. The van der Waals surface area contributed by atoms with Crippen LogP contribution in [-0.4, -0.2) is 19.9 Å². The smallest absolute Gasteiger partial charge is 0.272 e. The summed E-state index contributed by atoms with van der Waals surface area (Å²) in [6.45, 7) is 7.86. The van der Waals surface area contributed by atoms with Gasteiger partial charge in [0.05, 0.1) is 12.0 Å². The number of allylic oxidation sites excluding steroid dienone is 4. The fraction of sp³-hybridized carbons (Fsp3) is 0.350. The second kappa shape index (κ2) is 6.98. The van der Waals surface area contributed by atoms with E-state index in [0.717, 1.165) is 5.69 Å². The molecule has 1 aliphatic carbocycles. The molecule has 0 aliphatic heterocycles.